The van der Waals surface area contributed by atoms with Crippen LogP contribution in [0.4, 0.5) is 4.39 Å². The lowest BCUT2D eigenvalue weighted by molar-refractivity contribution is 0.0668. The lowest BCUT2D eigenvalue weighted by Crippen LogP contribution is -2.49. The van der Waals surface area contributed by atoms with Crippen LogP contribution in [0.15, 0.2) is 60.7 Å². The summed E-state index contributed by atoms with van der Waals surface area (Å²) >= 11 is 6.61. The Bertz CT molecular complexity index is 1340. The summed E-state index contributed by atoms with van der Waals surface area (Å²) in [7, 11) is 0. The molecule has 2 heterocycles. The molecule has 5 rings (SSSR count). The Morgan fingerprint density at radius 1 is 1.11 bits per heavy atom. The van der Waals surface area contributed by atoms with Crippen molar-refractivity contribution in [3.8, 4) is 23.3 Å². The number of hydrogen-bond acceptors (Lipinski definition) is 5. The van der Waals surface area contributed by atoms with Gasteiger partial charge >= 0.3 is 0 Å². The van der Waals surface area contributed by atoms with Crippen LogP contribution in [0.3, 0.4) is 0 Å². The molecule has 0 unspecified atom stereocenters. The molecule has 1 atom stereocenters. The number of halogens is 2. The van der Waals surface area contributed by atoms with Gasteiger partial charge in [-0.25, -0.2) is 0 Å². The van der Waals surface area contributed by atoms with Crippen molar-refractivity contribution in [2.24, 2.45) is 5.92 Å². The second kappa shape index (κ2) is 10.2. The molecule has 2 aliphatic heterocycles. The van der Waals surface area contributed by atoms with Crippen molar-refractivity contribution in [3.63, 3.8) is 0 Å². The average molecular weight is 505 g/mol. The highest BCUT2D eigenvalue weighted by Gasteiger charge is 2.31. The predicted octanol–water partition coefficient (Wildman–Crippen LogP) is 6.26. The highest BCUT2D eigenvalue weighted by Crippen LogP contribution is 2.48. The van der Waals surface area contributed by atoms with Crippen LogP contribution in [-0.2, 0) is 0 Å². The van der Waals surface area contributed by atoms with Gasteiger partial charge in [-0.1, -0.05) is 23.7 Å². The summed E-state index contributed by atoms with van der Waals surface area (Å²) in [4.78, 5) is 2.18. The number of aromatic hydroxyl groups is 1. The second-order valence-corrected chi connectivity index (χ2v) is 9.63. The smallest absolute Gasteiger partial charge is 0.150 e. The summed E-state index contributed by atoms with van der Waals surface area (Å²) in [5.41, 5.74) is 4.65. The van der Waals surface area contributed by atoms with Gasteiger partial charge in [0, 0.05) is 47.3 Å². The summed E-state index contributed by atoms with van der Waals surface area (Å²) in [6.45, 7) is 4.61. The maximum atomic E-state index is 12.6. The zero-order valence-electron chi connectivity index (χ0n) is 19.9. The predicted molar refractivity (Wildman–Crippen MR) is 138 cm³/mol. The van der Waals surface area contributed by atoms with Crippen molar-refractivity contribution >= 4 is 22.7 Å². The van der Waals surface area contributed by atoms with E-state index >= 15 is 0 Å². The minimum Gasteiger partial charge on any atom is -0.508 e. The van der Waals surface area contributed by atoms with Crippen LogP contribution in [0, 0.1) is 17.2 Å². The van der Waals surface area contributed by atoms with E-state index in [0.717, 1.165) is 47.7 Å². The minimum atomic E-state index is -0.471. The largest absolute Gasteiger partial charge is 0.508 e. The van der Waals surface area contributed by atoms with Crippen LogP contribution < -0.4 is 9.47 Å². The highest BCUT2D eigenvalue weighted by atomic mass is 35.5. The van der Waals surface area contributed by atoms with Crippen LogP contribution >= 0.6 is 11.6 Å². The van der Waals surface area contributed by atoms with E-state index in [1.807, 2.05) is 31.2 Å². The van der Waals surface area contributed by atoms with Gasteiger partial charge in [-0.15, -0.1) is 0 Å². The normalized spacial score (nSPS) is 17.7. The number of ether oxygens (including phenoxy) is 2. The first kappa shape index (κ1) is 24.2. The van der Waals surface area contributed by atoms with Crippen molar-refractivity contribution < 1.29 is 19.0 Å². The quantitative estimate of drug-likeness (QED) is 0.411. The number of allylic oxidation sites excluding steroid dienone is 1. The number of alkyl halides is 1. The topological polar surface area (TPSA) is 65.7 Å². The van der Waals surface area contributed by atoms with Crippen LogP contribution in [0.25, 0.3) is 11.1 Å². The molecule has 3 aromatic carbocycles. The molecule has 0 bridgehead atoms. The van der Waals surface area contributed by atoms with Crippen molar-refractivity contribution in [3.05, 3.63) is 87.9 Å². The van der Waals surface area contributed by atoms with Gasteiger partial charge in [0.25, 0.3) is 0 Å². The van der Waals surface area contributed by atoms with E-state index in [0.29, 0.717) is 28.5 Å². The average Bonchev–Trinajstić information content (AvgIpc) is 2.87. The van der Waals surface area contributed by atoms with Crippen LogP contribution in [0.2, 0.25) is 5.02 Å². The highest BCUT2D eigenvalue weighted by molar-refractivity contribution is 6.32. The number of likely N-dealkylation sites (tertiary alicyclic amines) is 1. The number of nitrogens with zero attached hydrogens (tertiary/aromatic N) is 2. The minimum absolute atomic E-state index is 0.145. The third-order valence-corrected chi connectivity index (χ3v) is 7.10. The molecule has 36 heavy (non-hydrogen) atoms. The van der Waals surface area contributed by atoms with Gasteiger partial charge in [0.05, 0.1) is 18.3 Å². The number of benzene rings is 3. The van der Waals surface area contributed by atoms with E-state index < -0.39 is 6.10 Å². The monoisotopic (exact) mass is 504 g/mol. The van der Waals surface area contributed by atoms with Crippen LogP contribution in [0.5, 0.6) is 17.2 Å². The lowest BCUT2D eigenvalue weighted by atomic mass is 9.85. The molecule has 1 fully saturated rings. The zero-order chi connectivity index (χ0) is 25.2. The molecule has 2 aliphatic rings. The Morgan fingerprint density at radius 3 is 2.61 bits per heavy atom. The van der Waals surface area contributed by atoms with Crippen molar-refractivity contribution in [2.75, 3.05) is 32.9 Å². The molecular weight excluding hydrogens is 479 g/mol. The van der Waals surface area contributed by atoms with Gasteiger partial charge in [-0.05, 0) is 66.6 Å². The fourth-order valence-corrected chi connectivity index (χ4v) is 5.03. The molecule has 7 heteroatoms. The summed E-state index contributed by atoms with van der Waals surface area (Å²) in [6.07, 6.45) is -0.471. The van der Waals surface area contributed by atoms with E-state index in [-0.39, 0.29) is 18.3 Å². The molecule has 184 valence electrons. The van der Waals surface area contributed by atoms with E-state index in [9.17, 15) is 14.8 Å². The standard InChI is InChI=1S/C29H26ClFN2O3/c1-18-24-13-22(34)5-9-27(24)36-29(28(18)25-12-19(15-32)2-8-26(25)30)21-3-6-23(7-4-21)35-11-10-33-16-20(14-31)17-33/h2-9,12-13,20,29,34H,10-11,14,16-17H2,1H3/t29-/m1/s1. The molecule has 0 radical (unpaired) electrons. The lowest BCUT2D eigenvalue weighted by Gasteiger charge is -2.37. The maximum absolute atomic E-state index is 12.6. The van der Waals surface area contributed by atoms with Gasteiger partial charge in [-0.2, -0.15) is 5.26 Å². The first-order valence-electron chi connectivity index (χ1n) is 11.9. The second-order valence-electron chi connectivity index (χ2n) is 9.22. The molecule has 5 nitrogen and oxygen atoms in total. The van der Waals surface area contributed by atoms with Gasteiger partial charge in [0.2, 0.25) is 0 Å². The maximum Gasteiger partial charge on any atom is 0.150 e. The number of hydrogen-bond donors (Lipinski definition) is 1. The number of nitriles is 1. The van der Waals surface area contributed by atoms with Gasteiger partial charge in [0.1, 0.15) is 30.0 Å². The zero-order valence-corrected chi connectivity index (χ0v) is 20.6. The Balaban J connectivity index is 1.43. The van der Waals surface area contributed by atoms with Gasteiger partial charge in [0.15, 0.2) is 0 Å². The summed E-state index contributed by atoms with van der Waals surface area (Å²) in [5, 5.41) is 20.1. The fourth-order valence-electron chi connectivity index (χ4n) is 4.81. The molecule has 1 saturated heterocycles. The van der Waals surface area contributed by atoms with Crippen LogP contribution in [0.1, 0.15) is 35.3 Å². The molecule has 0 saturated carbocycles. The number of phenols is 1. The first-order chi connectivity index (χ1) is 17.5. The summed E-state index contributed by atoms with van der Waals surface area (Å²) in [5.74, 6) is 1.72. The first-order valence-corrected chi connectivity index (χ1v) is 12.3. The summed E-state index contributed by atoms with van der Waals surface area (Å²) in [6, 6.07) is 20.1. The Morgan fingerprint density at radius 2 is 1.89 bits per heavy atom. The van der Waals surface area contributed by atoms with Crippen LogP contribution in [-0.4, -0.2) is 42.9 Å². The van der Waals surface area contributed by atoms with E-state index in [1.165, 1.54) is 0 Å². The van der Waals surface area contributed by atoms with Crippen molar-refractivity contribution in [1.29, 1.82) is 5.26 Å². The Labute approximate surface area is 215 Å². The molecular formula is C29H26ClFN2O3. The number of phenolic OH excluding ortho intramolecular Hbond substituents is 1. The van der Waals surface area contributed by atoms with Gasteiger partial charge in [-0.3, -0.25) is 9.29 Å². The Kier molecular flexibility index (Phi) is 6.86. The molecule has 0 amide bonds. The van der Waals surface area contributed by atoms with Gasteiger partial charge < -0.3 is 14.6 Å². The molecule has 0 aliphatic carbocycles. The third-order valence-electron chi connectivity index (χ3n) is 6.77. The van der Waals surface area contributed by atoms with E-state index in [4.69, 9.17) is 21.1 Å². The third kappa shape index (κ3) is 4.77. The van der Waals surface area contributed by atoms with Crippen molar-refractivity contribution in [2.45, 2.75) is 13.0 Å². The molecule has 0 aromatic heterocycles. The summed E-state index contributed by atoms with van der Waals surface area (Å²) < 4.78 is 25.0. The van der Waals surface area contributed by atoms with Crippen molar-refractivity contribution in [1.82, 2.24) is 4.90 Å². The molecule has 0 spiro atoms. The number of rotatable bonds is 7. The molecule has 1 N–H and O–H groups in total. The SMILES string of the molecule is CC1=C(c2cc(C#N)ccc2Cl)[C@@H](c2ccc(OCCN3CC(CF)C3)cc2)Oc2ccc(O)cc21. The molecule has 3 aromatic rings. The number of fused-ring (bicyclic) bond motifs is 1. The Hall–Kier alpha value is -3.53. The van der Waals surface area contributed by atoms with E-state index in [2.05, 4.69) is 11.0 Å². The van der Waals surface area contributed by atoms with E-state index in [1.54, 1.807) is 36.4 Å². The fraction of sp³-hybridized carbons (Fsp3) is 0.276.